The number of hydrogen-bond donors (Lipinski definition) is 0. The summed E-state index contributed by atoms with van der Waals surface area (Å²) < 4.78 is 25.1. The Hall–Kier alpha value is -1.51. The monoisotopic (exact) mass is 313 g/mol. The first-order valence-electron chi connectivity index (χ1n) is 6.86. The molecule has 0 unspecified atom stereocenters. The fraction of sp³-hybridized carbons (Fsp3) is 0.538. The quantitative estimate of drug-likeness (QED) is 0.599. The van der Waals surface area contributed by atoms with Crippen LogP contribution in [-0.4, -0.2) is 54.5 Å². The van der Waals surface area contributed by atoms with Gasteiger partial charge in [-0.25, -0.2) is 8.42 Å². The van der Waals surface area contributed by atoms with Gasteiger partial charge in [-0.2, -0.15) is 4.31 Å². The van der Waals surface area contributed by atoms with Gasteiger partial charge in [-0.15, -0.1) is 0 Å². The largest absolute Gasteiger partial charge is 0.296 e. The van der Waals surface area contributed by atoms with E-state index >= 15 is 0 Å². The number of para-hydroxylation sites is 1. The molecule has 1 aromatic rings. The number of piperazine rings is 1. The second-order valence-electron chi connectivity index (χ2n) is 4.96. The molecule has 1 heterocycles. The molecule has 0 atom stereocenters. The van der Waals surface area contributed by atoms with Crippen LogP contribution in [0.1, 0.15) is 12.5 Å². The smallest absolute Gasteiger partial charge is 0.273 e. The Balaban J connectivity index is 2.00. The standard InChI is InChI=1S/C13H19N3O4S/c1-2-21(19,20)15-9-7-14(8-10-15)11-12-5-3-4-6-13(12)16(17)18/h3-6H,2,7-11H2,1H3. The molecule has 0 bridgehead atoms. The van der Waals surface area contributed by atoms with Crippen molar-refractivity contribution in [2.24, 2.45) is 0 Å². The summed E-state index contributed by atoms with van der Waals surface area (Å²) in [6, 6.07) is 6.66. The van der Waals surface area contributed by atoms with E-state index in [1.54, 1.807) is 25.1 Å². The highest BCUT2D eigenvalue weighted by atomic mass is 32.2. The number of nitro groups is 1. The Morgan fingerprint density at radius 3 is 2.38 bits per heavy atom. The van der Waals surface area contributed by atoms with Crippen LogP contribution >= 0.6 is 0 Å². The molecule has 7 nitrogen and oxygen atoms in total. The number of nitrogens with zero attached hydrogens (tertiary/aromatic N) is 3. The maximum absolute atomic E-state index is 11.8. The van der Waals surface area contributed by atoms with Gasteiger partial charge >= 0.3 is 0 Å². The summed E-state index contributed by atoms with van der Waals surface area (Å²) in [4.78, 5) is 12.6. The predicted molar refractivity (Wildman–Crippen MR) is 79.4 cm³/mol. The molecule has 0 N–H and O–H groups in total. The highest BCUT2D eigenvalue weighted by molar-refractivity contribution is 7.89. The van der Waals surface area contributed by atoms with E-state index in [9.17, 15) is 18.5 Å². The van der Waals surface area contributed by atoms with Gasteiger partial charge in [0.2, 0.25) is 10.0 Å². The Kier molecular flexibility index (Phi) is 4.92. The molecule has 1 fully saturated rings. The minimum atomic E-state index is -3.14. The van der Waals surface area contributed by atoms with Gasteiger partial charge in [-0.3, -0.25) is 15.0 Å². The summed E-state index contributed by atoms with van der Waals surface area (Å²) in [7, 11) is -3.14. The van der Waals surface area contributed by atoms with Crippen LogP contribution in [0, 0.1) is 10.1 Å². The SMILES string of the molecule is CCS(=O)(=O)N1CCN(Cc2ccccc2[N+](=O)[O-])CC1. The molecule has 1 aromatic carbocycles. The molecule has 116 valence electrons. The van der Waals surface area contributed by atoms with E-state index in [-0.39, 0.29) is 16.4 Å². The molecule has 8 heteroatoms. The average molecular weight is 313 g/mol. The lowest BCUT2D eigenvalue weighted by Gasteiger charge is -2.33. The van der Waals surface area contributed by atoms with Crippen molar-refractivity contribution in [2.75, 3.05) is 31.9 Å². The first-order valence-corrected chi connectivity index (χ1v) is 8.47. The molecule has 0 saturated carbocycles. The third kappa shape index (κ3) is 3.78. The van der Waals surface area contributed by atoms with Crippen molar-refractivity contribution in [2.45, 2.75) is 13.5 Å². The van der Waals surface area contributed by atoms with Gasteiger partial charge in [-0.1, -0.05) is 18.2 Å². The minimum absolute atomic E-state index is 0.108. The topological polar surface area (TPSA) is 83.8 Å². The van der Waals surface area contributed by atoms with E-state index < -0.39 is 10.0 Å². The van der Waals surface area contributed by atoms with E-state index in [1.165, 1.54) is 10.4 Å². The van der Waals surface area contributed by atoms with Crippen LogP contribution in [0.15, 0.2) is 24.3 Å². The Bertz CT molecular complexity index is 610. The molecule has 0 aromatic heterocycles. The Morgan fingerprint density at radius 2 is 1.81 bits per heavy atom. The van der Waals surface area contributed by atoms with Gasteiger partial charge in [0.1, 0.15) is 0 Å². The summed E-state index contributed by atoms with van der Waals surface area (Å²) in [5.74, 6) is 0.108. The van der Waals surface area contributed by atoms with Crippen LogP contribution in [0.5, 0.6) is 0 Å². The van der Waals surface area contributed by atoms with E-state index in [1.807, 2.05) is 4.90 Å². The van der Waals surface area contributed by atoms with E-state index in [2.05, 4.69) is 0 Å². The maximum Gasteiger partial charge on any atom is 0.273 e. The number of sulfonamides is 1. The molecule has 0 radical (unpaired) electrons. The third-order valence-electron chi connectivity index (χ3n) is 3.67. The molecule has 21 heavy (non-hydrogen) atoms. The summed E-state index contributed by atoms with van der Waals surface area (Å²) in [5.41, 5.74) is 0.774. The van der Waals surface area contributed by atoms with E-state index in [0.29, 0.717) is 38.3 Å². The molecule has 0 aliphatic carbocycles. The van der Waals surface area contributed by atoms with Crippen molar-refractivity contribution in [3.63, 3.8) is 0 Å². The summed E-state index contributed by atoms with van der Waals surface area (Å²) >= 11 is 0. The van der Waals surface area contributed by atoms with E-state index in [4.69, 9.17) is 0 Å². The van der Waals surface area contributed by atoms with Crippen LogP contribution in [0.3, 0.4) is 0 Å². The molecule has 1 aliphatic heterocycles. The molecular weight excluding hydrogens is 294 g/mol. The van der Waals surface area contributed by atoms with Crippen molar-refractivity contribution in [3.05, 3.63) is 39.9 Å². The molecule has 1 saturated heterocycles. The maximum atomic E-state index is 11.8. The zero-order valence-electron chi connectivity index (χ0n) is 11.9. The number of rotatable bonds is 5. The first kappa shape index (κ1) is 15.9. The van der Waals surface area contributed by atoms with Crippen LogP contribution in [0.4, 0.5) is 5.69 Å². The van der Waals surface area contributed by atoms with Gasteiger partial charge in [0, 0.05) is 44.4 Å². The lowest BCUT2D eigenvalue weighted by molar-refractivity contribution is -0.385. The summed E-state index contributed by atoms with van der Waals surface area (Å²) in [6.45, 7) is 4.16. The van der Waals surface area contributed by atoms with Crippen LogP contribution in [0.25, 0.3) is 0 Å². The summed E-state index contributed by atoms with van der Waals surface area (Å²) in [6.07, 6.45) is 0. The van der Waals surface area contributed by atoms with Crippen molar-refractivity contribution < 1.29 is 13.3 Å². The van der Waals surface area contributed by atoms with Gasteiger partial charge in [0.05, 0.1) is 10.7 Å². The van der Waals surface area contributed by atoms with Crippen LogP contribution < -0.4 is 0 Å². The number of benzene rings is 1. The Morgan fingerprint density at radius 1 is 1.19 bits per heavy atom. The fourth-order valence-electron chi connectivity index (χ4n) is 2.41. The highest BCUT2D eigenvalue weighted by Gasteiger charge is 2.26. The molecular formula is C13H19N3O4S. The molecule has 0 amide bonds. The normalized spacial score (nSPS) is 17.8. The molecule has 2 rings (SSSR count). The average Bonchev–Trinajstić information content (AvgIpc) is 2.48. The van der Waals surface area contributed by atoms with Crippen LogP contribution in [-0.2, 0) is 16.6 Å². The fourth-order valence-corrected chi connectivity index (χ4v) is 3.50. The third-order valence-corrected chi connectivity index (χ3v) is 5.55. The van der Waals surface area contributed by atoms with Gasteiger partial charge in [-0.05, 0) is 6.92 Å². The van der Waals surface area contributed by atoms with Gasteiger partial charge in [0.25, 0.3) is 5.69 Å². The molecule has 0 spiro atoms. The van der Waals surface area contributed by atoms with Gasteiger partial charge in [0.15, 0.2) is 0 Å². The van der Waals surface area contributed by atoms with Crippen molar-refractivity contribution in [3.8, 4) is 0 Å². The predicted octanol–water partition coefficient (Wildman–Crippen LogP) is 1.06. The lowest BCUT2D eigenvalue weighted by Crippen LogP contribution is -2.48. The van der Waals surface area contributed by atoms with Crippen LogP contribution in [0.2, 0.25) is 0 Å². The van der Waals surface area contributed by atoms with E-state index in [0.717, 1.165) is 0 Å². The van der Waals surface area contributed by atoms with Gasteiger partial charge < -0.3 is 0 Å². The number of hydrogen-bond acceptors (Lipinski definition) is 5. The molecule has 1 aliphatic rings. The summed E-state index contributed by atoms with van der Waals surface area (Å²) in [5, 5.41) is 11.0. The second-order valence-corrected chi connectivity index (χ2v) is 7.22. The zero-order chi connectivity index (χ0) is 15.5. The number of nitro benzene ring substituents is 1. The Labute approximate surface area is 124 Å². The second kappa shape index (κ2) is 6.50. The van der Waals surface area contributed by atoms with Crippen molar-refractivity contribution in [1.29, 1.82) is 0 Å². The van der Waals surface area contributed by atoms with Crippen molar-refractivity contribution in [1.82, 2.24) is 9.21 Å². The highest BCUT2D eigenvalue weighted by Crippen LogP contribution is 2.20. The minimum Gasteiger partial charge on any atom is -0.296 e. The zero-order valence-corrected chi connectivity index (χ0v) is 12.8. The first-order chi connectivity index (χ1) is 9.94. The van der Waals surface area contributed by atoms with Crippen molar-refractivity contribution >= 4 is 15.7 Å². The lowest BCUT2D eigenvalue weighted by atomic mass is 10.1.